The van der Waals surface area contributed by atoms with Crippen LogP contribution in [0.25, 0.3) is 0 Å². The van der Waals surface area contributed by atoms with Crippen LogP contribution in [0.4, 0.5) is 13.2 Å². The monoisotopic (exact) mass is 304 g/mol. The van der Waals surface area contributed by atoms with E-state index in [1.54, 1.807) is 18.2 Å². The highest BCUT2D eigenvalue weighted by Gasteiger charge is 2.41. The van der Waals surface area contributed by atoms with E-state index in [2.05, 4.69) is 0 Å². The molecule has 0 aromatic heterocycles. The van der Waals surface area contributed by atoms with Crippen molar-refractivity contribution in [1.82, 2.24) is 0 Å². The molecule has 0 radical (unpaired) electrons. The molecule has 1 atom stereocenters. The number of carbonyl (C=O) groups is 2. The normalized spacial score (nSPS) is 17.7. The average Bonchev–Trinajstić information content (AvgIpc) is 2.69. The topological polar surface area (TPSA) is 34.1 Å². The molecule has 2 aromatic rings. The van der Waals surface area contributed by atoms with Gasteiger partial charge in [-0.3, -0.25) is 9.59 Å². The van der Waals surface area contributed by atoms with Gasteiger partial charge in [-0.05, 0) is 24.6 Å². The summed E-state index contributed by atoms with van der Waals surface area (Å²) in [6.07, 6.45) is -4.54. The number of benzene rings is 2. The second-order valence-corrected chi connectivity index (χ2v) is 5.33. The molecular formula is C17H11F3O2. The number of hydrogen-bond donors (Lipinski definition) is 0. The SMILES string of the molecule is Cc1cccc([C@@H]2C(=O)c3ccc(C(F)(F)F)cc3C2=O)c1. The van der Waals surface area contributed by atoms with Gasteiger partial charge >= 0.3 is 6.18 Å². The van der Waals surface area contributed by atoms with Gasteiger partial charge in [-0.1, -0.05) is 35.9 Å². The molecule has 1 aliphatic carbocycles. The van der Waals surface area contributed by atoms with Gasteiger partial charge in [0.15, 0.2) is 11.6 Å². The summed E-state index contributed by atoms with van der Waals surface area (Å²) in [6, 6.07) is 9.58. The molecule has 0 aliphatic heterocycles. The summed E-state index contributed by atoms with van der Waals surface area (Å²) in [5, 5.41) is 0. The summed E-state index contributed by atoms with van der Waals surface area (Å²) in [7, 11) is 0. The van der Waals surface area contributed by atoms with E-state index >= 15 is 0 Å². The first-order chi connectivity index (χ1) is 10.3. The van der Waals surface area contributed by atoms with Crippen molar-refractivity contribution in [2.24, 2.45) is 0 Å². The maximum atomic E-state index is 12.8. The summed E-state index contributed by atoms with van der Waals surface area (Å²) in [6.45, 7) is 1.82. The number of ketones is 2. The Morgan fingerprint density at radius 1 is 0.909 bits per heavy atom. The zero-order valence-electron chi connectivity index (χ0n) is 11.6. The van der Waals surface area contributed by atoms with E-state index in [4.69, 9.17) is 0 Å². The lowest BCUT2D eigenvalue weighted by molar-refractivity contribution is -0.137. The number of hydrogen-bond acceptors (Lipinski definition) is 2. The van der Waals surface area contributed by atoms with Crippen molar-refractivity contribution in [2.75, 3.05) is 0 Å². The number of rotatable bonds is 1. The molecule has 0 bridgehead atoms. The summed E-state index contributed by atoms with van der Waals surface area (Å²) >= 11 is 0. The van der Waals surface area contributed by atoms with Crippen LogP contribution in [-0.4, -0.2) is 11.6 Å². The maximum absolute atomic E-state index is 12.8. The van der Waals surface area contributed by atoms with Crippen LogP contribution in [0.1, 0.15) is 43.3 Å². The van der Waals surface area contributed by atoms with Crippen LogP contribution < -0.4 is 0 Å². The largest absolute Gasteiger partial charge is 0.416 e. The van der Waals surface area contributed by atoms with E-state index in [-0.39, 0.29) is 11.1 Å². The third-order valence-electron chi connectivity index (χ3n) is 3.78. The minimum atomic E-state index is -4.54. The Labute approximate surface area is 124 Å². The fourth-order valence-corrected chi connectivity index (χ4v) is 2.72. The first kappa shape index (κ1) is 14.5. The van der Waals surface area contributed by atoms with Crippen LogP contribution in [0.2, 0.25) is 0 Å². The quantitative estimate of drug-likeness (QED) is 0.741. The van der Waals surface area contributed by atoms with Crippen molar-refractivity contribution < 1.29 is 22.8 Å². The Morgan fingerprint density at radius 2 is 1.59 bits per heavy atom. The number of fused-ring (bicyclic) bond motifs is 1. The Hall–Kier alpha value is -2.43. The van der Waals surface area contributed by atoms with Crippen LogP contribution in [-0.2, 0) is 6.18 Å². The molecule has 3 rings (SSSR count). The zero-order valence-corrected chi connectivity index (χ0v) is 11.6. The minimum Gasteiger partial charge on any atom is -0.293 e. The van der Waals surface area contributed by atoms with Gasteiger partial charge in [-0.2, -0.15) is 13.2 Å². The van der Waals surface area contributed by atoms with Gasteiger partial charge in [0, 0.05) is 11.1 Å². The fourth-order valence-electron chi connectivity index (χ4n) is 2.72. The summed E-state index contributed by atoms with van der Waals surface area (Å²) in [4.78, 5) is 24.8. The predicted molar refractivity (Wildman–Crippen MR) is 74.0 cm³/mol. The number of alkyl halides is 3. The first-order valence-corrected chi connectivity index (χ1v) is 6.65. The second kappa shape index (κ2) is 4.80. The standard InChI is InChI=1S/C17H11F3O2/c1-9-3-2-4-10(7-9)14-15(21)12-6-5-11(17(18,19)20)8-13(12)16(14)22/h2-8,14H,1H3/t14-/m1/s1. The highest BCUT2D eigenvalue weighted by molar-refractivity contribution is 6.29. The Bertz CT molecular complexity index is 791. The van der Waals surface area contributed by atoms with E-state index in [0.29, 0.717) is 5.56 Å². The molecule has 0 N–H and O–H groups in total. The number of halogens is 3. The molecule has 2 aromatic carbocycles. The summed E-state index contributed by atoms with van der Waals surface area (Å²) in [5.74, 6) is -2.06. The molecule has 0 fully saturated rings. The molecule has 0 heterocycles. The highest BCUT2D eigenvalue weighted by Crippen LogP contribution is 2.38. The smallest absolute Gasteiger partial charge is 0.293 e. The maximum Gasteiger partial charge on any atom is 0.416 e. The van der Waals surface area contributed by atoms with Crippen LogP contribution in [0.5, 0.6) is 0 Å². The highest BCUT2D eigenvalue weighted by atomic mass is 19.4. The fraction of sp³-hybridized carbons (Fsp3) is 0.176. The van der Waals surface area contributed by atoms with Crippen molar-refractivity contribution >= 4 is 11.6 Å². The molecule has 22 heavy (non-hydrogen) atoms. The van der Waals surface area contributed by atoms with Crippen LogP contribution in [0.15, 0.2) is 42.5 Å². The van der Waals surface area contributed by atoms with Crippen molar-refractivity contribution in [3.05, 3.63) is 70.3 Å². The van der Waals surface area contributed by atoms with Crippen molar-refractivity contribution in [3.8, 4) is 0 Å². The Balaban J connectivity index is 2.09. The molecule has 112 valence electrons. The van der Waals surface area contributed by atoms with E-state index in [1.807, 2.05) is 13.0 Å². The second-order valence-electron chi connectivity index (χ2n) is 5.33. The van der Waals surface area contributed by atoms with Gasteiger partial charge in [0.25, 0.3) is 0 Å². The van der Waals surface area contributed by atoms with E-state index < -0.39 is 29.2 Å². The van der Waals surface area contributed by atoms with Crippen molar-refractivity contribution in [3.63, 3.8) is 0 Å². The molecular weight excluding hydrogens is 293 g/mol. The van der Waals surface area contributed by atoms with Crippen LogP contribution in [0.3, 0.4) is 0 Å². The number of Topliss-reactive ketones (excluding diaryl/α,β-unsaturated/α-hetero) is 2. The molecule has 0 spiro atoms. The molecule has 0 saturated heterocycles. The Morgan fingerprint density at radius 3 is 2.23 bits per heavy atom. The molecule has 0 amide bonds. The third kappa shape index (κ3) is 2.22. The molecule has 2 nitrogen and oxygen atoms in total. The predicted octanol–water partition coefficient (Wildman–Crippen LogP) is 4.18. The lowest BCUT2D eigenvalue weighted by Gasteiger charge is -2.08. The first-order valence-electron chi connectivity index (χ1n) is 6.65. The van der Waals surface area contributed by atoms with Gasteiger partial charge in [-0.15, -0.1) is 0 Å². The van der Waals surface area contributed by atoms with E-state index in [9.17, 15) is 22.8 Å². The molecule has 1 aliphatic rings. The van der Waals surface area contributed by atoms with Gasteiger partial charge < -0.3 is 0 Å². The van der Waals surface area contributed by atoms with E-state index in [0.717, 1.165) is 23.8 Å². The lowest BCUT2D eigenvalue weighted by atomic mass is 9.93. The lowest BCUT2D eigenvalue weighted by Crippen LogP contribution is -2.12. The number of carbonyl (C=O) groups excluding carboxylic acids is 2. The molecule has 5 heteroatoms. The van der Waals surface area contributed by atoms with E-state index in [1.165, 1.54) is 0 Å². The van der Waals surface area contributed by atoms with Gasteiger partial charge in [0.2, 0.25) is 0 Å². The molecule has 0 saturated carbocycles. The molecule has 0 unspecified atom stereocenters. The average molecular weight is 304 g/mol. The van der Waals surface area contributed by atoms with Gasteiger partial charge in [-0.25, -0.2) is 0 Å². The summed E-state index contributed by atoms with van der Waals surface area (Å²) in [5.41, 5.74) is 0.387. The number of aryl methyl sites for hydroxylation is 1. The van der Waals surface area contributed by atoms with Gasteiger partial charge in [0.1, 0.15) is 5.92 Å². The van der Waals surface area contributed by atoms with Crippen LogP contribution in [0, 0.1) is 6.92 Å². The minimum absolute atomic E-state index is 0.0597. The van der Waals surface area contributed by atoms with Gasteiger partial charge in [0.05, 0.1) is 5.56 Å². The third-order valence-corrected chi connectivity index (χ3v) is 3.78. The van der Waals surface area contributed by atoms with Crippen molar-refractivity contribution in [1.29, 1.82) is 0 Å². The summed E-state index contributed by atoms with van der Waals surface area (Å²) < 4.78 is 38.3. The van der Waals surface area contributed by atoms with Crippen molar-refractivity contribution in [2.45, 2.75) is 19.0 Å². The Kier molecular flexibility index (Phi) is 3.16. The zero-order chi connectivity index (χ0) is 16.1. The van der Waals surface area contributed by atoms with Crippen LogP contribution >= 0.6 is 0 Å².